The fraction of sp³-hybridized carbons (Fsp3) is 0.333. The Morgan fingerprint density at radius 1 is 0.926 bits per heavy atom. The predicted octanol–water partition coefficient (Wildman–Crippen LogP) is 4.33. The fourth-order valence-corrected chi connectivity index (χ4v) is 2.80. The molecule has 0 saturated heterocycles. The van der Waals surface area contributed by atoms with Gasteiger partial charge in [0.25, 0.3) is 5.91 Å². The van der Waals surface area contributed by atoms with Gasteiger partial charge in [0.1, 0.15) is 0 Å². The van der Waals surface area contributed by atoms with Gasteiger partial charge in [0.2, 0.25) is 5.91 Å². The largest absolute Gasteiger partial charge is 0.493 e. The lowest BCUT2D eigenvalue weighted by Crippen LogP contribution is -2.24. The first-order valence-electron chi connectivity index (χ1n) is 8.97. The van der Waals surface area contributed by atoms with Gasteiger partial charge in [-0.3, -0.25) is 9.59 Å². The molecule has 0 radical (unpaired) electrons. The molecule has 27 heavy (non-hydrogen) atoms. The summed E-state index contributed by atoms with van der Waals surface area (Å²) in [5.41, 5.74) is 1.46. The summed E-state index contributed by atoms with van der Waals surface area (Å²) in [6.45, 7) is 3.95. The van der Waals surface area contributed by atoms with E-state index in [-0.39, 0.29) is 17.7 Å². The van der Waals surface area contributed by atoms with Crippen LogP contribution in [0.3, 0.4) is 0 Å². The number of ether oxygens (including phenoxy) is 2. The van der Waals surface area contributed by atoms with Gasteiger partial charge in [0.15, 0.2) is 11.5 Å². The number of carbonyl (C=O) groups is 2. The van der Waals surface area contributed by atoms with Crippen molar-refractivity contribution in [2.75, 3.05) is 24.9 Å². The van der Waals surface area contributed by atoms with E-state index >= 15 is 0 Å². The summed E-state index contributed by atoms with van der Waals surface area (Å²) in [5.74, 6) is 0.625. The van der Waals surface area contributed by atoms with Gasteiger partial charge in [0.05, 0.1) is 25.5 Å². The minimum absolute atomic E-state index is 0.0769. The summed E-state index contributed by atoms with van der Waals surface area (Å²) >= 11 is 0. The average molecular weight is 370 g/mol. The highest BCUT2D eigenvalue weighted by atomic mass is 16.5. The second kappa shape index (κ2) is 9.62. The number of rotatable bonds is 8. The van der Waals surface area contributed by atoms with Crippen molar-refractivity contribution < 1.29 is 19.1 Å². The monoisotopic (exact) mass is 370 g/mol. The lowest BCUT2D eigenvalue weighted by molar-refractivity contribution is -0.120. The summed E-state index contributed by atoms with van der Waals surface area (Å²) in [6.07, 6.45) is 1.50. The Kier molecular flexibility index (Phi) is 7.23. The van der Waals surface area contributed by atoms with E-state index in [2.05, 4.69) is 10.6 Å². The van der Waals surface area contributed by atoms with Crippen molar-refractivity contribution in [3.63, 3.8) is 0 Å². The third-order valence-corrected chi connectivity index (χ3v) is 4.43. The van der Waals surface area contributed by atoms with E-state index in [1.165, 1.54) is 7.11 Å². The van der Waals surface area contributed by atoms with E-state index in [0.717, 1.165) is 12.8 Å². The standard InChI is InChI=1S/C21H26N2O4/c1-5-14(6-2)20(24)23-17-10-8-7-9-16(17)21(25)22-15-11-12-18(26-3)19(13-15)27-4/h7-14H,5-6H2,1-4H3,(H,22,25)(H,23,24). The maximum atomic E-state index is 12.7. The molecule has 144 valence electrons. The van der Waals surface area contributed by atoms with Gasteiger partial charge in [0, 0.05) is 17.7 Å². The molecule has 0 heterocycles. The molecule has 6 nitrogen and oxygen atoms in total. The quantitative estimate of drug-likeness (QED) is 0.725. The van der Waals surface area contributed by atoms with Crippen molar-refractivity contribution >= 4 is 23.2 Å². The third kappa shape index (κ3) is 5.00. The van der Waals surface area contributed by atoms with Crippen LogP contribution in [0.25, 0.3) is 0 Å². The highest BCUT2D eigenvalue weighted by molar-refractivity contribution is 6.10. The Morgan fingerprint density at radius 3 is 2.22 bits per heavy atom. The van der Waals surface area contributed by atoms with Crippen molar-refractivity contribution in [3.05, 3.63) is 48.0 Å². The van der Waals surface area contributed by atoms with Crippen molar-refractivity contribution in [1.82, 2.24) is 0 Å². The van der Waals surface area contributed by atoms with E-state index in [1.54, 1.807) is 49.6 Å². The van der Waals surface area contributed by atoms with Crippen LogP contribution in [0.1, 0.15) is 37.0 Å². The number of amides is 2. The molecule has 0 atom stereocenters. The molecule has 0 aromatic heterocycles. The molecule has 2 N–H and O–H groups in total. The Hall–Kier alpha value is -3.02. The number of benzene rings is 2. The first-order valence-corrected chi connectivity index (χ1v) is 8.97. The molecule has 0 spiro atoms. The average Bonchev–Trinajstić information content (AvgIpc) is 2.69. The van der Waals surface area contributed by atoms with Crippen molar-refractivity contribution in [2.45, 2.75) is 26.7 Å². The third-order valence-electron chi connectivity index (χ3n) is 4.43. The van der Waals surface area contributed by atoms with Crippen LogP contribution < -0.4 is 20.1 Å². The van der Waals surface area contributed by atoms with Crippen molar-refractivity contribution in [3.8, 4) is 11.5 Å². The molecular weight excluding hydrogens is 344 g/mol. The summed E-state index contributed by atoms with van der Waals surface area (Å²) in [5, 5.41) is 5.70. The normalized spacial score (nSPS) is 10.4. The van der Waals surface area contributed by atoms with Crippen LogP contribution in [0.5, 0.6) is 11.5 Å². The Bertz CT molecular complexity index is 801. The van der Waals surface area contributed by atoms with Crippen LogP contribution in [0.15, 0.2) is 42.5 Å². The van der Waals surface area contributed by atoms with Crippen LogP contribution in [-0.4, -0.2) is 26.0 Å². The Morgan fingerprint density at radius 2 is 1.59 bits per heavy atom. The van der Waals surface area contributed by atoms with E-state index in [0.29, 0.717) is 28.4 Å². The first kappa shape index (κ1) is 20.3. The minimum Gasteiger partial charge on any atom is -0.493 e. The molecule has 2 amide bonds. The summed E-state index contributed by atoms with van der Waals surface area (Å²) < 4.78 is 10.5. The van der Waals surface area contributed by atoms with E-state index in [9.17, 15) is 9.59 Å². The maximum Gasteiger partial charge on any atom is 0.257 e. The molecule has 2 aromatic rings. The molecule has 0 saturated carbocycles. The molecule has 0 aliphatic rings. The number of carbonyl (C=O) groups excluding carboxylic acids is 2. The fourth-order valence-electron chi connectivity index (χ4n) is 2.80. The molecule has 0 aliphatic heterocycles. The van der Waals surface area contributed by atoms with Gasteiger partial charge in [-0.05, 0) is 37.1 Å². The van der Waals surface area contributed by atoms with Gasteiger partial charge in [-0.1, -0.05) is 26.0 Å². The molecule has 0 bridgehead atoms. The zero-order valence-electron chi connectivity index (χ0n) is 16.2. The Balaban J connectivity index is 2.21. The minimum atomic E-state index is -0.317. The van der Waals surface area contributed by atoms with Crippen LogP contribution in [0.2, 0.25) is 0 Å². The number of methoxy groups -OCH3 is 2. The van der Waals surface area contributed by atoms with Gasteiger partial charge in [-0.15, -0.1) is 0 Å². The molecule has 2 rings (SSSR count). The van der Waals surface area contributed by atoms with E-state index in [4.69, 9.17) is 9.47 Å². The molecule has 0 unspecified atom stereocenters. The van der Waals surface area contributed by atoms with Gasteiger partial charge < -0.3 is 20.1 Å². The van der Waals surface area contributed by atoms with Gasteiger partial charge in [-0.25, -0.2) is 0 Å². The number of hydrogen-bond acceptors (Lipinski definition) is 4. The van der Waals surface area contributed by atoms with Crippen molar-refractivity contribution in [2.24, 2.45) is 5.92 Å². The van der Waals surface area contributed by atoms with Gasteiger partial charge in [-0.2, -0.15) is 0 Å². The number of para-hydroxylation sites is 1. The molecule has 6 heteroatoms. The molecule has 0 aliphatic carbocycles. The topological polar surface area (TPSA) is 76.7 Å². The van der Waals surface area contributed by atoms with Crippen LogP contribution in [-0.2, 0) is 4.79 Å². The highest BCUT2D eigenvalue weighted by Crippen LogP contribution is 2.30. The second-order valence-corrected chi connectivity index (χ2v) is 6.07. The lowest BCUT2D eigenvalue weighted by Gasteiger charge is -2.16. The Labute approximate surface area is 159 Å². The zero-order chi connectivity index (χ0) is 19.8. The highest BCUT2D eigenvalue weighted by Gasteiger charge is 2.18. The van der Waals surface area contributed by atoms with E-state index in [1.807, 2.05) is 13.8 Å². The zero-order valence-corrected chi connectivity index (χ0v) is 16.2. The molecule has 0 fully saturated rings. The summed E-state index contributed by atoms with van der Waals surface area (Å²) in [7, 11) is 3.08. The van der Waals surface area contributed by atoms with Crippen LogP contribution in [0, 0.1) is 5.92 Å². The SMILES string of the molecule is CCC(CC)C(=O)Nc1ccccc1C(=O)Nc1ccc(OC)c(OC)c1. The number of nitrogens with one attached hydrogen (secondary N) is 2. The van der Waals surface area contributed by atoms with Crippen LogP contribution in [0.4, 0.5) is 11.4 Å². The summed E-state index contributed by atoms with van der Waals surface area (Å²) in [6, 6.07) is 12.1. The predicted molar refractivity (Wildman–Crippen MR) is 107 cm³/mol. The summed E-state index contributed by atoms with van der Waals surface area (Å²) in [4.78, 5) is 25.1. The number of anilines is 2. The van der Waals surface area contributed by atoms with E-state index < -0.39 is 0 Å². The number of hydrogen-bond donors (Lipinski definition) is 2. The maximum absolute atomic E-state index is 12.7. The smallest absolute Gasteiger partial charge is 0.257 e. The van der Waals surface area contributed by atoms with Gasteiger partial charge >= 0.3 is 0 Å². The molecular formula is C21H26N2O4. The second-order valence-electron chi connectivity index (χ2n) is 6.07. The van der Waals surface area contributed by atoms with Crippen molar-refractivity contribution in [1.29, 1.82) is 0 Å². The van der Waals surface area contributed by atoms with Crippen LogP contribution >= 0.6 is 0 Å². The molecule has 2 aromatic carbocycles. The lowest BCUT2D eigenvalue weighted by atomic mass is 10.0. The first-order chi connectivity index (χ1) is 13.0.